The molecule has 0 radical (unpaired) electrons. The molecule has 8 heteroatoms. The number of Topliss-reactive ketones (excluding diaryl/α,β-unsaturated/α-hetero) is 1. The highest BCUT2D eigenvalue weighted by molar-refractivity contribution is 6.75. The minimum absolute atomic E-state index is 0.199. The maximum atomic E-state index is 11.5. The molecule has 84 valence electrons. The first-order chi connectivity index (χ1) is 6.62. The van der Waals surface area contributed by atoms with Crippen LogP contribution in [0.4, 0.5) is 0 Å². The van der Waals surface area contributed by atoms with Crippen LogP contribution in [0.1, 0.15) is 6.92 Å². The lowest BCUT2D eigenvalue weighted by Crippen LogP contribution is -2.42. The van der Waals surface area contributed by atoms with E-state index in [1.54, 1.807) is 0 Å². The van der Waals surface area contributed by atoms with Crippen LogP contribution in [0, 0.1) is 0 Å². The van der Waals surface area contributed by atoms with Gasteiger partial charge in [-0.2, -0.15) is 0 Å². The van der Waals surface area contributed by atoms with Crippen LogP contribution < -0.4 is 5.32 Å². The predicted octanol–water partition coefficient (Wildman–Crippen LogP) is 2.50. The fourth-order valence-corrected chi connectivity index (χ4v) is 2.36. The van der Waals surface area contributed by atoms with Crippen molar-refractivity contribution in [2.45, 2.75) is 15.6 Å². The van der Waals surface area contributed by atoms with Crippen LogP contribution in [0.15, 0.2) is 10.7 Å². The maximum Gasteiger partial charge on any atom is 0.221 e. The van der Waals surface area contributed by atoms with E-state index in [4.69, 9.17) is 58.0 Å². The average molecular weight is 311 g/mol. The zero-order chi connectivity index (χ0) is 12.0. The second kappa shape index (κ2) is 3.97. The van der Waals surface area contributed by atoms with Crippen LogP contribution in [-0.2, 0) is 9.59 Å². The molecule has 0 unspecified atom stereocenters. The Morgan fingerprint density at radius 1 is 1.20 bits per heavy atom. The summed E-state index contributed by atoms with van der Waals surface area (Å²) in [5.74, 6) is -1.34. The van der Waals surface area contributed by atoms with Crippen molar-refractivity contribution >= 4 is 69.7 Å². The Bertz CT molecular complexity index is 374. The monoisotopic (exact) mass is 309 g/mol. The van der Waals surface area contributed by atoms with Crippen molar-refractivity contribution in [3.63, 3.8) is 0 Å². The lowest BCUT2D eigenvalue weighted by atomic mass is 10.3. The Balaban J connectivity index is 3.25. The molecule has 0 aromatic carbocycles. The van der Waals surface area contributed by atoms with Gasteiger partial charge in [0.2, 0.25) is 16.0 Å². The number of alkyl halides is 4. The molecule has 0 atom stereocenters. The van der Waals surface area contributed by atoms with Crippen molar-refractivity contribution in [3.05, 3.63) is 10.7 Å². The van der Waals surface area contributed by atoms with Gasteiger partial charge in [0.1, 0.15) is 5.03 Å². The molecular weight excluding hydrogens is 307 g/mol. The Labute approximate surface area is 111 Å². The van der Waals surface area contributed by atoms with Gasteiger partial charge in [0.05, 0.1) is 5.70 Å². The van der Waals surface area contributed by atoms with Gasteiger partial charge >= 0.3 is 0 Å². The van der Waals surface area contributed by atoms with E-state index in [1.165, 1.54) is 6.92 Å². The molecule has 1 rings (SSSR count). The number of ketones is 1. The average Bonchev–Trinajstić information content (AvgIpc) is 2.18. The summed E-state index contributed by atoms with van der Waals surface area (Å²) in [6.07, 6.45) is 0. The van der Waals surface area contributed by atoms with Gasteiger partial charge < -0.3 is 5.32 Å². The topological polar surface area (TPSA) is 46.2 Å². The zero-order valence-electron chi connectivity index (χ0n) is 7.21. The fourth-order valence-electron chi connectivity index (χ4n) is 0.998. The van der Waals surface area contributed by atoms with Gasteiger partial charge in [-0.3, -0.25) is 9.59 Å². The maximum absolute atomic E-state index is 11.5. The highest BCUT2D eigenvalue weighted by atomic mass is 35.5. The third kappa shape index (κ3) is 1.96. The van der Waals surface area contributed by atoms with E-state index < -0.39 is 20.4 Å². The van der Waals surface area contributed by atoms with E-state index in [9.17, 15) is 9.59 Å². The van der Waals surface area contributed by atoms with Crippen molar-refractivity contribution < 1.29 is 9.59 Å². The van der Waals surface area contributed by atoms with Crippen LogP contribution in [-0.4, -0.2) is 20.4 Å². The van der Waals surface area contributed by atoms with Gasteiger partial charge in [-0.05, 0) is 0 Å². The number of amides is 1. The summed E-state index contributed by atoms with van der Waals surface area (Å²) in [6, 6.07) is 0. The number of nitrogens with one attached hydrogen (secondary N) is 1. The molecule has 15 heavy (non-hydrogen) atoms. The summed E-state index contributed by atoms with van der Waals surface area (Å²) >= 11 is 28.5. The molecule has 0 bridgehead atoms. The molecule has 0 aromatic heterocycles. The lowest BCUT2D eigenvalue weighted by molar-refractivity contribution is -0.118. The number of allylic oxidation sites excluding steroid dienone is 2. The molecule has 0 fully saturated rings. The quantitative estimate of drug-likeness (QED) is 0.756. The summed E-state index contributed by atoms with van der Waals surface area (Å²) in [5.41, 5.74) is -0.199. The first-order valence-corrected chi connectivity index (χ1v) is 5.49. The predicted molar refractivity (Wildman–Crippen MR) is 60.6 cm³/mol. The van der Waals surface area contributed by atoms with Crippen molar-refractivity contribution in [1.82, 2.24) is 5.32 Å². The molecule has 1 N–H and O–H groups in total. The SMILES string of the molecule is CC(=O)NC1=C(Cl)C(=O)C(Cl)(Cl)C1(Cl)Cl. The molecular formula is C7H4Cl5NO2. The first-order valence-electron chi connectivity index (χ1n) is 3.60. The van der Waals surface area contributed by atoms with E-state index in [0.717, 1.165) is 0 Å². The minimum atomic E-state index is -2.11. The van der Waals surface area contributed by atoms with E-state index in [1.807, 2.05) is 0 Å². The van der Waals surface area contributed by atoms with Gasteiger partial charge in [-0.15, -0.1) is 0 Å². The van der Waals surface area contributed by atoms with Crippen molar-refractivity contribution in [3.8, 4) is 0 Å². The number of carbonyl (C=O) groups excluding carboxylic acids is 2. The van der Waals surface area contributed by atoms with E-state index >= 15 is 0 Å². The van der Waals surface area contributed by atoms with Gasteiger partial charge in [0.15, 0.2) is 4.33 Å². The third-order valence-corrected chi connectivity index (χ3v) is 4.32. The fraction of sp³-hybridized carbons (Fsp3) is 0.429. The smallest absolute Gasteiger partial charge is 0.221 e. The second-order valence-electron chi connectivity index (χ2n) is 2.85. The molecule has 0 aliphatic heterocycles. The lowest BCUT2D eigenvalue weighted by Gasteiger charge is -2.25. The molecule has 0 aromatic rings. The Morgan fingerprint density at radius 3 is 1.93 bits per heavy atom. The summed E-state index contributed by atoms with van der Waals surface area (Å²) in [5, 5.41) is 1.85. The molecule has 0 saturated heterocycles. The van der Waals surface area contributed by atoms with E-state index in [-0.39, 0.29) is 10.7 Å². The Morgan fingerprint density at radius 2 is 1.67 bits per heavy atom. The zero-order valence-corrected chi connectivity index (χ0v) is 11.0. The molecule has 3 nitrogen and oxygen atoms in total. The van der Waals surface area contributed by atoms with Crippen LogP contribution in [0.5, 0.6) is 0 Å². The van der Waals surface area contributed by atoms with Crippen LogP contribution >= 0.6 is 58.0 Å². The third-order valence-electron chi connectivity index (χ3n) is 1.71. The Kier molecular flexibility index (Phi) is 3.54. The summed E-state index contributed by atoms with van der Waals surface area (Å²) in [7, 11) is 0. The van der Waals surface area contributed by atoms with Gasteiger partial charge in [0.25, 0.3) is 0 Å². The van der Waals surface area contributed by atoms with E-state index in [0.29, 0.717) is 0 Å². The molecule has 0 saturated carbocycles. The summed E-state index contributed by atoms with van der Waals surface area (Å²) in [6.45, 7) is 1.20. The number of carbonyl (C=O) groups is 2. The number of hydrogen-bond acceptors (Lipinski definition) is 2. The van der Waals surface area contributed by atoms with Crippen molar-refractivity contribution in [2.75, 3.05) is 0 Å². The van der Waals surface area contributed by atoms with E-state index in [2.05, 4.69) is 5.32 Å². The highest BCUT2D eigenvalue weighted by Gasteiger charge is 2.62. The standard InChI is InChI=1S/C7H4Cl5NO2/c1-2(14)13-4-3(8)5(15)7(11,12)6(4,9)10/h1H3,(H,13,14). The number of rotatable bonds is 1. The number of hydrogen-bond donors (Lipinski definition) is 1. The normalized spacial score (nSPS) is 23.2. The number of halogens is 5. The minimum Gasteiger partial charge on any atom is -0.326 e. The van der Waals surface area contributed by atoms with Crippen molar-refractivity contribution in [1.29, 1.82) is 0 Å². The highest BCUT2D eigenvalue weighted by Crippen LogP contribution is 2.54. The van der Waals surface area contributed by atoms with Crippen LogP contribution in [0.25, 0.3) is 0 Å². The molecule has 1 amide bonds. The van der Waals surface area contributed by atoms with Crippen LogP contribution in [0.2, 0.25) is 0 Å². The van der Waals surface area contributed by atoms with Gasteiger partial charge in [-0.25, -0.2) is 0 Å². The van der Waals surface area contributed by atoms with Gasteiger partial charge in [-0.1, -0.05) is 58.0 Å². The largest absolute Gasteiger partial charge is 0.326 e. The van der Waals surface area contributed by atoms with Gasteiger partial charge in [0, 0.05) is 6.92 Å². The van der Waals surface area contributed by atoms with Crippen LogP contribution in [0.3, 0.4) is 0 Å². The molecule has 0 spiro atoms. The molecule has 0 heterocycles. The molecule has 1 aliphatic carbocycles. The van der Waals surface area contributed by atoms with Crippen molar-refractivity contribution in [2.24, 2.45) is 0 Å². The first kappa shape index (κ1) is 13.4. The Hall–Kier alpha value is 0.330. The second-order valence-corrected chi connectivity index (χ2v) is 5.88. The summed E-state index contributed by atoms with van der Waals surface area (Å²) in [4.78, 5) is 22.3. The molecule has 1 aliphatic rings. The summed E-state index contributed by atoms with van der Waals surface area (Å²) < 4.78 is -4.08.